The van der Waals surface area contributed by atoms with Crippen LogP contribution in [-0.4, -0.2) is 34.3 Å². The highest BCUT2D eigenvalue weighted by molar-refractivity contribution is 6.19. The molecule has 1 aromatic carbocycles. The number of benzene rings is 1. The summed E-state index contributed by atoms with van der Waals surface area (Å²) in [5.74, 6) is -2.07. The Morgan fingerprint density at radius 3 is 2.75 bits per heavy atom. The summed E-state index contributed by atoms with van der Waals surface area (Å²) < 4.78 is 4.99. The Hall–Kier alpha value is -3.82. The van der Waals surface area contributed by atoms with Crippen LogP contribution in [0, 0.1) is 10.1 Å². The molecule has 1 unspecified atom stereocenters. The predicted molar refractivity (Wildman–Crippen MR) is 97.9 cm³/mol. The van der Waals surface area contributed by atoms with Crippen LogP contribution in [0.15, 0.2) is 36.7 Å². The molecule has 3 rings (SSSR count). The molecule has 1 aliphatic rings. The first-order chi connectivity index (χ1) is 13.3. The fourth-order valence-electron chi connectivity index (χ4n) is 2.90. The van der Waals surface area contributed by atoms with Crippen molar-refractivity contribution in [1.29, 1.82) is 0 Å². The summed E-state index contributed by atoms with van der Waals surface area (Å²) >= 11 is 0. The van der Waals surface area contributed by atoms with Crippen molar-refractivity contribution in [3.63, 3.8) is 0 Å². The summed E-state index contributed by atoms with van der Waals surface area (Å²) in [7, 11) is 0. The number of nitro groups is 1. The van der Waals surface area contributed by atoms with E-state index in [1.807, 2.05) is 0 Å². The average Bonchev–Trinajstić information content (AvgIpc) is 2.93. The molecule has 0 saturated carbocycles. The number of carbonyl (C=O) groups excluding carboxylic acids is 3. The summed E-state index contributed by atoms with van der Waals surface area (Å²) in [6.45, 7) is 3.03. The molecule has 2 aromatic rings. The molecule has 0 radical (unpaired) electrons. The smallest absolute Gasteiger partial charge is 0.326 e. The molecule has 2 heterocycles. The predicted octanol–water partition coefficient (Wildman–Crippen LogP) is 2.02. The molecule has 0 fully saturated rings. The van der Waals surface area contributed by atoms with Gasteiger partial charge in [0, 0.05) is 24.0 Å². The molecule has 0 saturated heterocycles. The maximum atomic E-state index is 12.4. The zero-order valence-corrected chi connectivity index (χ0v) is 15.0. The van der Waals surface area contributed by atoms with E-state index in [9.17, 15) is 24.5 Å². The molecule has 1 atom stereocenters. The third kappa shape index (κ3) is 3.04. The van der Waals surface area contributed by atoms with E-state index in [0.29, 0.717) is 0 Å². The molecule has 0 bridgehead atoms. The Labute approximate surface area is 159 Å². The average molecular weight is 384 g/mol. The number of amides is 2. The first kappa shape index (κ1) is 19.0. The number of anilines is 2. The number of nitro benzene ring substituents is 1. The molecule has 2 N–H and O–H groups in total. The first-order valence-corrected chi connectivity index (χ1v) is 8.32. The maximum absolute atomic E-state index is 12.4. The normalized spacial score (nSPS) is 17.4. The van der Waals surface area contributed by atoms with Crippen LogP contribution < -0.4 is 10.6 Å². The fourth-order valence-corrected chi connectivity index (χ4v) is 2.90. The molecule has 1 aliphatic heterocycles. The molecule has 144 valence electrons. The van der Waals surface area contributed by atoms with E-state index in [-0.39, 0.29) is 29.1 Å². The van der Waals surface area contributed by atoms with Crippen molar-refractivity contribution < 1.29 is 24.0 Å². The van der Waals surface area contributed by atoms with Crippen molar-refractivity contribution in [2.45, 2.75) is 19.3 Å². The van der Waals surface area contributed by atoms with Crippen LogP contribution in [0.3, 0.4) is 0 Å². The third-order valence-corrected chi connectivity index (χ3v) is 4.43. The largest absolute Gasteiger partial charge is 0.465 e. The molecule has 28 heavy (non-hydrogen) atoms. The summed E-state index contributed by atoms with van der Waals surface area (Å²) in [5, 5.41) is 16.4. The number of hydrogen-bond donors (Lipinski definition) is 2. The third-order valence-electron chi connectivity index (χ3n) is 4.43. The second-order valence-electron chi connectivity index (χ2n) is 6.17. The lowest BCUT2D eigenvalue weighted by Crippen LogP contribution is -2.40. The number of nitrogens with zero attached hydrogens (tertiary/aromatic N) is 2. The lowest BCUT2D eigenvalue weighted by Gasteiger charge is -2.20. The molecule has 1 aromatic heterocycles. The second kappa shape index (κ2) is 7.06. The van der Waals surface area contributed by atoms with E-state index >= 15 is 0 Å². The van der Waals surface area contributed by atoms with Gasteiger partial charge < -0.3 is 15.4 Å². The monoisotopic (exact) mass is 384 g/mol. The number of carbonyl (C=O) groups is 3. The van der Waals surface area contributed by atoms with Gasteiger partial charge in [-0.1, -0.05) is 0 Å². The number of rotatable bonds is 5. The van der Waals surface area contributed by atoms with Gasteiger partial charge >= 0.3 is 5.97 Å². The minimum atomic E-state index is -1.69. The number of fused-ring (bicyclic) bond motifs is 1. The van der Waals surface area contributed by atoms with E-state index in [1.54, 1.807) is 13.0 Å². The molecular formula is C18H16N4O6. The van der Waals surface area contributed by atoms with Crippen molar-refractivity contribution in [1.82, 2.24) is 4.98 Å². The van der Waals surface area contributed by atoms with Crippen molar-refractivity contribution >= 4 is 34.8 Å². The van der Waals surface area contributed by atoms with Crippen molar-refractivity contribution in [2.24, 2.45) is 0 Å². The second-order valence-corrected chi connectivity index (χ2v) is 6.17. The van der Waals surface area contributed by atoms with Crippen LogP contribution in [0.25, 0.3) is 0 Å². The summed E-state index contributed by atoms with van der Waals surface area (Å²) in [6.07, 6.45) is 2.79. The minimum absolute atomic E-state index is 0.0641. The molecule has 0 aliphatic carbocycles. The number of aromatic nitrogens is 1. The van der Waals surface area contributed by atoms with E-state index in [4.69, 9.17) is 4.74 Å². The summed E-state index contributed by atoms with van der Waals surface area (Å²) in [4.78, 5) is 51.8. The number of hydrogen-bond acceptors (Lipinski definition) is 7. The van der Waals surface area contributed by atoms with E-state index in [2.05, 4.69) is 15.6 Å². The van der Waals surface area contributed by atoms with Gasteiger partial charge in [-0.05, 0) is 32.0 Å². The van der Waals surface area contributed by atoms with Crippen molar-refractivity contribution in [2.75, 3.05) is 17.2 Å². The van der Waals surface area contributed by atoms with Gasteiger partial charge in [0.25, 0.3) is 11.6 Å². The van der Waals surface area contributed by atoms with Gasteiger partial charge in [-0.3, -0.25) is 29.5 Å². The quantitative estimate of drug-likeness (QED) is 0.348. The topological polar surface area (TPSA) is 141 Å². The van der Waals surface area contributed by atoms with Gasteiger partial charge in [0.2, 0.25) is 5.91 Å². The zero-order chi connectivity index (χ0) is 20.5. The molecular weight excluding hydrogens is 368 g/mol. The van der Waals surface area contributed by atoms with Gasteiger partial charge in [0.1, 0.15) is 5.69 Å². The SMILES string of the molecule is CCOC(=O)C1(C)C(=O)Nc2cc([N+](=O)[O-])c(NC(=O)c3cccnc3)cc21. The summed E-state index contributed by atoms with van der Waals surface area (Å²) in [5.41, 5.74) is -1.77. The Morgan fingerprint density at radius 1 is 1.39 bits per heavy atom. The van der Waals surface area contributed by atoms with Crippen LogP contribution in [0.5, 0.6) is 0 Å². The van der Waals surface area contributed by atoms with Crippen molar-refractivity contribution in [3.05, 3.63) is 57.9 Å². The zero-order valence-electron chi connectivity index (χ0n) is 15.0. The number of nitrogens with one attached hydrogen (secondary N) is 2. The summed E-state index contributed by atoms with van der Waals surface area (Å²) in [6, 6.07) is 5.40. The standard InChI is InChI=1S/C18H16N4O6/c1-3-28-17(25)18(2)11-7-13(20-15(23)10-5-4-6-19-9-10)14(22(26)27)8-12(11)21-16(18)24/h4-9H,3H2,1-2H3,(H,20,23)(H,21,24). The number of pyridine rings is 1. The lowest BCUT2D eigenvalue weighted by molar-refractivity contribution is -0.383. The Morgan fingerprint density at radius 2 is 2.14 bits per heavy atom. The van der Waals surface area contributed by atoms with Crippen LogP contribution >= 0.6 is 0 Å². The molecule has 10 nitrogen and oxygen atoms in total. The number of esters is 1. The van der Waals surface area contributed by atoms with E-state index in [0.717, 1.165) is 6.07 Å². The molecule has 10 heteroatoms. The van der Waals surface area contributed by atoms with Crippen LogP contribution in [0.2, 0.25) is 0 Å². The first-order valence-electron chi connectivity index (χ1n) is 8.32. The lowest BCUT2D eigenvalue weighted by atomic mass is 9.83. The van der Waals surface area contributed by atoms with Crippen LogP contribution in [-0.2, 0) is 19.7 Å². The fraction of sp³-hybridized carbons (Fsp3) is 0.222. The Balaban J connectivity index is 2.08. The van der Waals surface area contributed by atoms with Crippen LogP contribution in [0.4, 0.5) is 17.1 Å². The van der Waals surface area contributed by atoms with Gasteiger partial charge in [-0.2, -0.15) is 0 Å². The van der Waals surface area contributed by atoms with Gasteiger partial charge in [0.05, 0.1) is 22.8 Å². The van der Waals surface area contributed by atoms with Crippen molar-refractivity contribution in [3.8, 4) is 0 Å². The molecule has 2 amide bonds. The maximum Gasteiger partial charge on any atom is 0.326 e. The molecule has 0 spiro atoms. The Bertz CT molecular complexity index is 991. The van der Waals surface area contributed by atoms with Gasteiger partial charge in [0.15, 0.2) is 5.41 Å². The highest BCUT2D eigenvalue weighted by Gasteiger charge is 2.51. The van der Waals surface area contributed by atoms with Crippen LogP contribution in [0.1, 0.15) is 29.8 Å². The Kier molecular flexibility index (Phi) is 4.78. The van der Waals surface area contributed by atoms with Gasteiger partial charge in [-0.15, -0.1) is 0 Å². The van der Waals surface area contributed by atoms with E-state index in [1.165, 1.54) is 31.5 Å². The number of ether oxygens (including phenoxy) is 1. The highest BCUT2D eigenvalue weighted by Crippen LogP contribution is 2.43. The van der Waals surface area contributed by atoms with E-state index < -0.39 is 33.8 Å². The minimum Gasteiger partial charge on any atom is -0.465 e. The highest BCUT2D eigenvalue weighted by atomic mass is 16.6. The van der Waals surface area contributed by atoms with Gasteiger partial charge in [-0.25, -0.2) is 0 Å².